The van der Waals surface area contributed by atoms with Crippen LogP contribution in [-0.4, -0.2) is 32.2 Å². The number of carbonyl (C=O) groups excluding carboxylic acids is 1. The first-order valence-corrected chi connectivity index (χ1v) is 9.16. The van der Waals surface area contributed by atoms with Gasteiger partial charge < -0.3 is 10.3 Å². The fraction of sp³-hybridized carbons (Fsp3) is 0.421. The summed E-state index contributed by atoms with van der Waals surface area (Å²) in [6.07, 6.45) is -3.18. The molecule has 0 spiro atoms. The van der Waals surface area contributed by atoms with Crippen molar-refractivity contribution in [2.24, 2.45) is 5.92 Å². The number of hydrogen-bond acceptors (Lipinski definition) is 3. The Bertz CT molecular complexity index is 960. The van der Waals surface area contributed by atoms with E-state index >= 15 is 0 Å². The molecule has 1 unspecified atom stereocenters. The van der Waals surface area contributed by atoms with Crippen molar-refractivity contribution < 1.29 is 18.0 Å². The fourth-order valence-electron chi connectivity index (χ4n) is 3.50. The molecule has 0 aliphatic heterocycles. The molecule has 3 atom stereocenters. The number of aromatic nitrogens is 4. The molecule has 0 bridgehead atoms. The van der Waals surface area contributed by atoms with Gasteiger partial charge in [-0.05, 0) is 31.9 Å². The topological polar surface area (TPSA) is 86.5 Å². The van der Waals surface area contributed by atoms with Crippen LogP contribution < -0.4 is 5.32 Å². The molecule has 148 valence electrons. The maximum absolute atomic E-state index is 12.6. The van der Waals surface area contributed by atoms with Gasteiger partial charge in [-0.3, -0.25) is 9.89 Å². The number of alkyl halides is 3. The number of H-pyrrole nitrogens is 2. The van der Waals surface area contributed by atoms with E-state index in [-0.39, 0.29) is 24.2 Å². The first-order valence-electron chi connectivity index (χ1n) is 9.16. The number of amides is 1. The predicted molar refractivity (Wildman–Crippen MR) is 96.5 cm³/mol. The number of benzene rings is 1. The molecule has 2 aromatic heterocycles. The normalized spacial score (nSPS) is 20.3. The summed E-state index contributed by atoms with van der Waals surface area (Å²) < 4.78 is 37.4. The Morgan fingerprint density at radius 2 is 2.14 bits per heavy atom. The number of imidazole rings is 1. The molecule has 3 N–H and O–H groups in total. The van der Waals surface area contributed by atoms with Gasteiger partial charge in [-0.1, -0.05) is 12.1 Å². The molecule has 28 heavy (non-hydrogen) atoms. The summed E-state index contributed by atoms with van der Waals surface area (Å²) in [7, 11) is 0. The number of aryl methyl sites for hydroxylation is 1. The van der Waals surface area contributed by atoms with Crippen molar-refractivity contribution in [3.63, 3.8) is 0 Å². The third-order valence-electron chi connectivity index (χ3n) is 5.12. The minimum absolute atomic E-state index is 0.0358. The Balaban J connectivity index is 1.37. The summed E-state index contributed by atoms with van der Waals surface area (Å²) in [6, 6.07) is 7.26. The third kappa shape index (κ3) is 3.88. The van der Waals surface area contributed by atoms with Gasteiger partial charge in [0.15, 0.2) is 0 Å². The molecular formula is C19H20F3N5O. The molecule has 4 rings (SSSR count). The summed E-state index contributed by atoms with van der Waals surface area (Å²) in [5.41, 5.74) is 2.78. The lowest BCUT2D eigenvalue weighted by Gasteiger charge is -2.15. The van der Waals surface area contributed by atoms with E-state index in [2.05, 4.69) is 25.5 Å². The minimum Gasteiger partial charge on any atom is -0.349 e. The van der Waals surface area contributed by atoms with Gasteiger partial charge in [-0.15, -0.1) is 0 Å². The lowest BCUT2D eigenvalue weighted by atomic mass is 10.1. The first kappa shape index (κ1) is 18.5. The average molecular weight is 391 g/mol. The van der Waals surface area contributed by atoms with Crippen molar-refractivity contribution in [2.75, 3.05) is 0 Å². The highest BCUT2D eigenvalue weighted by Gasteiger charge is 2.46. The third-order valence-corrected chi connectivity index (χ3v) is 5.12. The highest BCUT2D eigenvalue weighted by molar-refractivity contribution is 5.83. The summed E-state index contributed by atoms with van der Waals surface area (Å²) in [5.74, 6) is 0.520. The van der Waals surface area contributed by atoms with Crippen LogP contribution in [-0.2, 0) is 11.2 Å². The second kappa shape index (κ2) is 6.96. The smallest absolute Gasteiger partial charge is 0.349 e. The Kier molecular flexibility index (Phi) is 4.60. The van der Waals surface area contributed by atoms with Gasteiger partial charge in [0.1, 0.15) is 5.82 Å². The Morgan fingerprint density at radius 3 is 2.89 bits per heavy atom. The molecular weight excluding hydrogens is 371 g/mol. The number of para-hydroxylation sites is 2. The largest absolute Gasteiger partial charge is 0.389 e. The Labute approximate surface area is 158 Å². The standard InChI is InChI=1S/C19H20F3N5O/c1-10(13-9-23-27-14(13)6-7-19(20,21)22)24-18(28)12-8-11(12)17-25-15-4-2-3-5-16(15)26-17/h2-5,9-12H,6-8H2,1H3,(H,23,27)(H,24,28)(H,25,26)/t10?,11-,12-/m1/s1. The zero-order chi connectivity index (χ0) is 19.9. The van der Waals surface area contributed by atoms with Crippen molar-refractivity contribution in [3.8, 4) is 0 Å². The molecule has 1 saturated carbocycles. The van der Waals surface area contributed by atoms with Crippen LogP contribution >= 0.6 is 0 Å². The van der Waals surface area contributed by atoms with Crippen LogP contribution in [0.5, 0.6) is 0 Å². The zero-order valence-electron chi connectivity index (χ0n) is 15.2. The second-order valence-corrected chi connectivity index (χ2v) is 7.24. The molecule has 0 saturated heterocycles. The molecule has 1 amide bonds. The molecule has 9 heteroatoms. The number of fused-ring (bicyclic) bond motifs is 1. The maximum Gasteiger partial charge on any atom is 0.389 e. The van der Waals surface area contributed by atoms with Crippen LogP contribution in [0.1, 0.15) is 48.8 Å². The van der Waals surface area contributed by atoms with Crippen molar-refractivity contribution in [1.82, 2.24) is 25.5 Å². The highest BCUT2D eigenvalue weighted by atomic mass is 19.4. The van der Waals surface area contributed by atoms with Gasteiger partial charge >= 0.3 is 6.18 Å². The lowest BCUT2D eigenvalue weighted by Crippen LogP contribution is -2.29. The van der Waals surface area contributed by atoms with Crippen LogP contribution in [0.4, 0.5) is 13.2 Å². The van der Waals surface area contributed by atoms with E-state index in [0.717, 1.165) is 16.9 Å². The van der Waals surface area contributed by atoms with Crippen LogP contribution in [0.15, 0.2) is 30.5 Å². The molecule has 2 heterocycles. The number of nitrogens with zero attached hydrogens (tertiary/aromatic N) is 2. The van der Waals surface area contributed by atoms with E-state index in [1.54, 1.807) is 6.92 Å². The SMILES string of the molecule is CC(NC(=O)[C@@H]1C[C@H]1c1nc2ccccc2[nH]1)c1cn[nH]c1CCC(F)(F)F. The molecule has 0 radical (unpaired) electrons. The average Bonchev–Trinajstić information content (AvgIpc) is 3.11. The van der Waals surface area contributed by atoms with Crippen LogP contribution in [0.3, 0.4) is 0 Å². The first-order chi connectivity index (χ1) is 13.3. The number of aromatic amines is 2. The van der Waals surface area contributed by atoms with Crippen LogP contribution in [0, 0.1) is 5.92 Å². The monoisotopic (exact) mass is 391 g/mol. The van der Waals surface area contributed by atoms with Crippen molar-refractivity contribution in [2.45, 2.75) is 44.3 Å². The molecule has 1 fully saturated rings. The highest BCUT2D eigenvalue weighted by Crippen LogP contribution is 2.47. The number of rotatable bonds is 6. The van der Waals surface area contributed by atoms with Crippen LogP contribution in [0.25, 0.3) is 11.0 Å². The van der Waals surface area contributed by atoms with Gasteiger partial charge in [-0.25, -0.2) is 4.98 Å². The van der Waals surface area contributed by atoms with E-state index in [4.69, 9.17) is 0 Å². The van der Waals surface area contributed by atoms with Gasteiger partial charge in [0, 0.05) is 29.5 Å². The van der Waals surface area contributed by atoms with Crippen molar-refractivity contribution >= 4 is 16.9 Å². The number of hydrogen-bond donors (Lipinski definition) is 3. The molecule has 3 aromatic rings. The number of nitrogens with one attached hydrogen (secondary N) is 3. The van der Waals surface area contributed by atoms with Gasteiger partial charge in [-0.2, -0.15) is 18.3 Å². The lowest BCUT2D eigenvalue weighted by molar-refractivity contribution is -0.134. The quantitative estimate of drug-likeness (QED) is 0.598. The summed E-state index contributed by atoms with van der Waals surface area (Å²) in [4.78, 5) is 20.4. The Hall–Kier alpha value is -2.84. The Morgan fingerprint density at radius 1 is 1.36 bits per heavy atom. The zero-order valence-corrected chi connectivity index (χ0v) is 15.2. The van der Waals surface area contributed by atoms with Crippen LogP contribution in [0.2, 0.25) is 0 Å². The molecule has 1 aliphatic rings. The predicted octanol–water partition coefficient (Wildman–Crippen LogP) is 3.76. The summed E-state index contributed by atoms with van der Waals surface area (Å²) in [6.45, 7) is 1.75. The molecule has 6 nitrogen and oxygen atoms in total. The number of carbonyl (C=O) groups is 1. The van der Waals surface area contributed by atoms with E-state index in [1.165, 1.54) is 6.20 Å². The summed E-state index contributed by atoms with van der Waals surface area (Å²) >= 11 is 0. The van der Waals surface area contributed by atoms with Gasteiger partial charge in [0.2, 0.25) is 5.91 Å². The number of halogens is 3. The van der Waals surface area contributed by atoms with Gasteiger partial charge in [0.25, 0.3) is 0 Å². The van der Waals surface area contributed by atoms with Crippen molar-refractivity contribution in [1.29, 1.82) is 0 Å². The fourth-order valence-corrected chi connectivity index (χ4v) is 3.50. The van der Waals surface area contributed by atoms with Crippen molar-refractivity contribution in [3.05, 3.63) is 47.5 Å². The minimum atomic E-state index is -4.23. The maximum atomic E-state index is 12.6. The van der Waals surface area contributed by atoms with E-state index in [1.807, 2.05) is 24.3 Å². The van der Waals surface area contributed by atoms with Gasteiger partial charge in [0.05, 0.1) is 23.3 Å². The summed E-state index contributed by atoms with van der Waals surface area (Å²) in [5, 5.41) is 9.34. The molecule has 1 aromatic carbocycles. The second-order valence-electron chi connectivity index (χ2n) is 7.24. The molecule has 1 aliphatic carbocycles. The van der Waals surface area contributed by atoms with E-state index < -0.39 is 18.6 Å². The van der Waals surface area contributed by atoms with E-state index in [9.17, 15) is 18.0 Å². The van der Waals surface area contributed by atoms with E-state index in [0.29, 0.717) is 17.7 Å².